The van der Waals surface area contributed by atoms with Gasteiger partial charge in [-0.3, -0.25) is 15.4 Å². The van der Waals surface area contributed by atoms with Crippen molar-refractivity contribution in [1.29, 1.82) is 5.41 Å². The standard InChI is InChI=1S/C12H19N5O2/c1-7-9(8(2)16(3)15-7)10-11(13)14-12(18)17(10)5-6-19-4/h10H,5-6H2,1-4H3,(H2,13,14,18). The molecule has 19 heavy (non-hydrogen) atoms. The molecule has 104 valence electrons. The molecule has 1 aromatic heterocycles. The molecule has 0 spiro atoms. The zero-order valence-electron chi connectivity index (χ0n) is 11.6. The van der Waals surface area contributed by atoms with Crippen LogP contribution in [0.5, 0.6) is 0 Å². The minimum Gasteiger partial charge on any atom is -0.383 e. The number of rotatable bonds is 4. The largest absolute Gasteiger partial charge is 0.383 e. The lowest BCUT2D eigenvalue weighted by Crippen LogP contribution is -2.33. The number of amidine groups is 1. The minimum atomic E-state index is -0.392. The van der Waals surface area contributed by atoms with Crippen LogP contribution in [-0.2, 0) is 11.8 Å². The van der Waals surface area contributed by atoms with Gasteiger partial charge in [-0.2, -0.15) is 5.10 Å². The summed E-state index contributed by atoms with van der Waals surface area (Å²) in [5.74, 6) is 0.195. The van der Waals surface area contributed by atoms with Crippen LogP contribution >= 0.6 is 0 Å². The Morgan fingerprint density at radius 3 is 2.68 bits per heavy atom. The lowest BCUT2D eigenvalue weighted by molar-refractivity contribution is 0.150. The van der Waals surface area contributed by atoms with Crippen molar-refractivity contribution in [3.05, 3.63) is 17.0 Å². The topological polar surface area (TPSA) is 83.2 Å². The lowest BCUT2D eigenvalue weighted by Gasteiger charge is -2.22. The first-order valence-corrected chi connectivity index (χ1v) is 6.12. The minimum absolute atomic E-state index is 0.195. The van der Waals surface area contributed by atoms with E-state index in [1.54, 1.807) is 16.7 Å². The SMILES string of the molecule is COCCN1C(=O)NC(=N)C1c1c(C)nn(C)c1C. The molecule has 2 N–H and O–H groups in total. The predicted molar refractivity (Wildman–Crippen MR) is 70.3 cm³/mol. The van der Waals surface area contributed by atoms with E-state index in [0.717, 1.165) is 17.0 Å². The molecule has 2 rings (SSSR count). The number of aryl methyl sites for hydroxylation is 2. The Morgan fingerprint density at radius 2 is 2.16 bits per heavy atom. The highest BCUT2D eigenvalue weighted by atomic mass is 16.5. The number of urea groups is 1. The van der Waals surface area contributed by atoms with Crippen LogP contribution in [0.1, 0.15) is 23.0 Å². The molecule has 1 aromatic rings. The van der Waals surface area contributed by atoms with Gasteiger partial charge in [0, 0.05) is 32.0 Å². The monoisotopic (exact) mass is 265 g/mol. The number of hydrogen-bond donors (Lipinski definition) is 2. The van der Waals surface area contributed by atoms with Gasteiger partial charge >= 0.3 is 6.03 Å². The summed E-state index contributed by atoms with van der Waals surface area (Å²) in [5.41, 5.74) is 2.72. The molecule has 0 aliphatic carbocycles. The summed E-state index contributed by atoms with van der Waals surface area (Å²) in [4.78, 5) is 13.5. The first kappa shape index (κ1) is 13.5. The molecule has 2 heterocycles. The van der Waals surface area contributed by atoms with E-state index in [4.69, 9.17) is 10.1 Å². The summed E-state index contributed by atoms with van der Waals surface area (Å²) in [5, 5.41) is 14.9. The van der Waals surface area contributed by atoms with Crippen molar-refractivity contribution in [1.82, 2.24) is 20.0 Å². The molecule has 7 nitrogen and oxygen atoms in total. The zero-order chi connectivity index (χ0) is 14.2. The molecular weight excluding hydrogens is 246 g/mol. The van der Waals surface area contributed by atoms with Gasteiger partial charge in [0.05, 0.1) is 12.3 Å². The zero-order valence-corrected chi connectivity index (χ0v) is 11.6. The predicted octanol–water partition coefficient (Wildman–Crippen LogP) is 0.727. The molecule has 0 radical (unpaired) electrons. The van der Waals surface area contributed by atoms with Crippen LogP contribution in [0.2, 0.25) is 0 Å². The highest BCUT2D eigenvalue weighted by molar-refractivity contribution is 6.06. The third-order valence-corrected chi connectivity index (χ3v) is 3.46. The van der Waals surface area contributed by atoms with Gasteiger partial charge in [0.25, 0.3) is 0 Å². The summed E-state index contributed by atoms with van der Waals surface area (Å²) < 4.78 is 6.80. The average molecular weight is 265 g/mol. The molecule has 0 aromatic carbocycles. The summed E-state index contributed by atoms with van der Waals surface area (Å²) in [6, 6.07) is -0.647. The molecule has 0 bridgehead atoms. The van der Waals surface area contributed by atoms with Crippen LogP contribution < -0.4 is 5.32 Å². The third-order valence-electron chi connectivity index (χ3n) is 3.46. The molecule has 1 saturated heterocycles. The van der Waals surface area contributed by atoms with Gasteiger partial charge in [-0.05, 0) is 13.8 Å². The number of aromatic nitrogens is 2. The summed E-state index contributed by atoms with van der Waals surface area (Å²) in [6.07, 6.45) is 0. The van der Waals surface area contributed by atoms with Crippen LogP contribution in [0.25, 0.3) is 0 Å². The number of hydrogen-bond acceptors (Lipinski definition) is 4. The number of nitrogens with one attached hydrogen (secondary N) is 2. The lowest BCUT2D eigenvalue weighted by atomic mass is 10.0. The van der Waals surface area contributed by atoms with Crippen molar-refractivity contribution in [2.45, 2.75) is 19.9 Å². The molecule has 1 fully saturated rings. The van der Waals surface area contributed by atoms with Gasteiger partial charge < -0.3 is 9.64 Å². The summed E-state index contributed by atoms with van der Waals surface area (Å²) in [6.45, 7) is 4.73. The fraction of sp³-hybridized carbons (Fsp3) is 0.583. The highest BCUT2D eigenvalue weighted by Crippen LogP contribution is 2.30. The molecular formula is C12H19N5O2. The second kappa shape index (κ2) is 5.00. The van der Waals surface area contributed by atoms with Crippen LogP contribution in [-0.4, -0.2) is 46.8 Å². The Morgan fingerprint density at radius 1 is 1.47 bits per heavy atom. The maximum Gasteiger partial charge on any atom is 0.323 e. The van der Waals surface area contributed by atoms with Crippen LogP contribution in [0.15, 0.2) is 0 Å². The smallest absolute Gasteiger partial charge is 0.323 e. The number of ether oxygens (including phenoxy) is 1. The summed E-state index contributed by atoms with van der Waals surface area (Å²) >= 11 is 0. The van der Waals surface area contributed by atoms with Crippen molar-refractivity contribution in [3.63, 3.8) is 0 Å². The van der Waals surface area contributed by atoms with E-state index in [2.05, 4.69) is 10.4 Å². The van der Waals surface area contributed by atoms with Crippen LogP contribution in [0.4, 0.5) is 4.79 Å². The van der Waals surface area contributed by atoms with Gasteiger partial charge in [-0.1, -0.05) is 0 Å². The van der Waals surface area contributed by atoms with E-state index in [9.17, 15) is 4.79 Å². The second-order valence-corrected chi connectivity index (χ2v) is 4.64. The van der Waals surface area contributed by atoms with Crippen LogP contribution in [0.3, 0.4) is 0 Å². The van der Waals surface area contributed by atoms with E-state index in [1.165, 1.54) is 0 Å². The Labute approximate surface area is 112 Å². The molecule has 1 unspecified atom stereocenters. The maximum atomic E-state index is 11.9. The summed E-state index contributed by atoms with van der Waals surface area (Å²) in [7, 11) is 3.45. The van der Waals surface area contributed by atoms with Gasteiger partial charge in [0.1, 0.15) is 11.9 Å². The number of methoxy groups -OCH3 is 1. The molecule has 1 aliphatic rings. The van der Waals surface area contributed by atoms with E-state index >= 15 is 0 Å². The number of amides is 2. The Balaban J connectivity index is 2.39. The van der Waals surface area contributed by atoms with Crippen LogP contribution in [0, 0.1) is 19.3 Å². The van der Waals surface area contributed by atoms with E-state index in [0.29, 0.717) is 13.2 Å². The van der Waals surface area contributed by atoms with Crippen molar-refractivity contribution >= 4 is 11.9 Å². The fourth-order valence-electron chi connectivity index (χ4n) is 2.43. The maximum absolute atomic E-state index is 11.9. The molecule has 0 saturated carbocycles. The fourth-order valence-corrected chi connectivity index (χ4v) is 2.43. The third kappa shape index (κ3) is 2.21. The Bertz CT molecular complexity index is 522. The van der Waals surface area contributed by atoms with E-state index < -0.39 is 6.04 Å². The van der Waals surface area contributed by atoms with Gasteiger partial charge in [-0.15, -0.1) is 0 Å². The van der Waals surface area contributed by atoms with E-state index in [1.807, 2.05) is 20.9 Å². The van der Waals surface area contributed by atoms with Gasteiger partial charge in [0.15, 0.2) is 0 Å². The first-order chi connectivity index (χ1) is 8.97. The molecule has 1 atom stereocenters. The van der Waals surface area contributed by atoms with Gasteiger partial charge in [-0.25, -0.2) is 4.79 Å². The van der Waals surface area contributed by atoms with E-state index in [-0.39, 0.29) is 11.9 Å². The molecule has 2 amide bonds. The average Bonchev–Trinajstić information content (AvgIpc) is 2.74. The Hall–Kier alpha value is -1.89. The highest BCUT2D eigenvalue weighted by Gasteiger charge is 2.39. The first-order valence-electron chi connectivity index (χ1n) is 6.12. The number of nitrogens with zero attached hydrogens (tertiary/aromatic N) is 3. The molecule has 7 heteroatoms. The van der Waals surface area contributed by atoms with Crippen molar-refractivity contribution < 1.29 is 9.53 Å². The number of carbonyl (C=O) groups is 1. The Kier molecular flexibility index (Phi) is 3.57. The normalized spacial score (nSPS) is 19.2. The van der Waals surface area contributed by atoms with Crippen molar-refractivity contribution in [3.8, 4) is 0 Å². The second-order valence-electron chi connectivity index (χ2n) is 4.64. The van der Waals surface area contributed by atoms with Crippen molar-refractivity contribution in [2.75, 3.05) is 20.3 Å². The number of carbonyl (C=O) groups excluding carboxylic acids is 1. The quantitative estimate of drug-likeness (QED) is 0.841. The van der Waals surface area contributed by atoms with Crippen molar-refractivity contribution in [2.24, 2.45) is 7.05 Å². The molecule has 1 aliphatic heterocycles. The van der Waals surface area contributed by atoms with Gasteiger partial charge in [0.2, 0.25) is 0 Å².